The quantitative estimate of drug-likeness (QED) is 0.503. The van der Waals surface area contributed by atoms with Gasteiger partial charge in [-0.3, -0.25) is 4.79 Å². The van der Waals surface area contributed by atoms with Gasteiger partial charge in [0.1, 0.15) is 17.5 Å². The minimum absolute atomic E-state index is 0.0141. The van der Waals surface area contributed by atoms with Crippen molar-refractivity contribution < 1.29 is 23.0 Å². The summed E-state index contributed by atoms with van der Waals surface area (Å²) in [5, 5.41) is 12.5. The summed E-state index contributed by atoms with van der Waals surface area (Å²) in [5.41, 5.74) is 1.70. The van der Waals surface area contributed by atoms with Gasteiger partial charge in [-0.15, -0.1) is 0 Å². The van der Waals surface area contributed by atoms with Crippen LogP contribution in [0, 0.1) is 23.0 Å². The average Bonchev–Trinajstić information content (AvgIpc) is 2.86. The number of carbonyl (C=O) groups excluding carboxylic acids is 1. The zero-order valence-electron chi connectivity index (χ0n) is 18.7. The van der Waals surface area contributed by atoms with Crippen LogP contribution in [0.1, 0.15) is 28.8 Å². The van der Waals surface area contributed by atoms with E-state index in [-0.39, 0.29) is 28.3 Å². The monoisotopic (exact) mass is 498 g/mol. The van der Waals surface area contributed by atoms with Gasteiger partial charge in [-0.25, -0.2) is 13.8 Å². The SMILES string of the molecule is COc1ncc(Cl)cc1C(=O)Nc1cc(C#N)ccc1N1CCC(Oc2ccc(F)cc2F)CC1. The van der Waals surface area contributed by atoms with Crippen molar-refractivity contribution in [1.82, 2.24) is 4.98 Å². The maximum absolute atomic E-state index is 13.9. The van der Waals surface area contributed by atoms with Gasteiger partial charge >= 0.3 is 0 Å². The molecule has 2 aromatic carbocycles. The van der Waals surface area contributed by atoms with Crippen molar-refractivity contribution in [2.75, 3.05) is 30.4 Å². The van der Waals surface area contributed by atoms with Crippen molar-refractivity contribution in [3.05, 3.63) is 76.4 Å². The van der Waals surface area contributed by atoms with Crippen LogP contribution in [-0.4, -0.2) is 37.2 Å². The molecule has 180 valence electrons. The fourth-order valence-electron chi connectivity index (χ4n) is 3.89. The Morgan fingerprint density at radius 2 is 1.97 bits per heavy atom. The minimum Gasteiger partial charge on any atom is -0.487 e. The molecule has 1 amide bonds. The largest absolute Gasteiger partial charge is 0.487 e. The molecule has 1 saturated heterocycles. The van der Waals surface area contributed by atoms with E-state index in [0.29, 0.717) is 37.2 Å². The van der Waals surface area contributed by atoms with E-state index in [2.05, 4.69) is 16.4 Å². The van der Waals surface area contributed by atoms with Crippen LogP contribution in [0.4, 0.5) is 20.2 Å². The number of nitrogens with one attached hydrogen (secondary N) is 1. The number of methoxy groups -OCH3 is 1. The number of aromatic nitrogens is 1. The van der Waals surface area contributed by atoms with Crippen LogP contribution in [0.2, 0.25) is 5.02 Å². The summed E-state index contributed by atoms with van der Waals surface area (Å²) in [6, 6.07) is 11.8. The first-order valence-corrected chi connectivity index (χ1v) is 11.2. The number of rotatable bonds is 6. The molecule has 0 bridgehead atoms. The molecule has 1 N–H and O–H groups in total. The second kappa shape index (κ2) is 10.6. The lowest BCUT2D eigenvalue weighted by Gasteiger charge is -2.35. The fraction of sp³-hybridized carbons (Fsp3) is 0.240. The van der Waals surface area contributed by atoms with Gasteiger partial charge in [-0.05, 0) is 36.4 Å². The highest BCUT2D eigenvalue weighted by molar-refractivity contribution is 6.31. The van der Waals surface area contributed by atoms with Crippen molar-refractivity contribution in [2.24, 2.45) is 0 Å². The molecule has 1 aromatic heterocycles. The lowest BCUT2D eigenvalue weighted by Crippen LogP contribution is -2.38. The molecule has 0 saturated carbocycles. The normalized spacial score (nSPS) is 13.7. The molecule has 1 aliphatic heterocycles. The van der Waals surface area contributed by atoms with Crippen molar-refractivity contribution in [1.29, 1.82) is 5.26 Å². The van der Waals surface area contributed by atoms with Gasteiger partial charge in [0.05, 0.1) is 35.1 Å². The van der Waals surface area contributed by atoms with Crippen LogP contribution >= 0.6 is 11.6 Å². The molecule has 0 aliphatic carbocycles. The smallest absolute Gasteiger partial charge is 0.261 e. The van der Waals surface area contributed by atoms with E-state index >= 15 is 0 Å². The topological polar surface area (TPSA) is 87.5 Å². The summed E-state index contributed by atoms with van der Waals surface area (Å²) in [4.78, 5) is 19.1. The average molecular weight is 499 g/mol. The Bertz CT molecular complexity index is 1290. The minimum atomic E-state index is -0.740. The maximum atomic E-state index is 13.9. The number of pyridine rings is 1. The van der Waals surface area contributed by atoms with Crippen LogP contribution in [0.15, 0.2) is 48.7 Å². The van der Waals surface area contributed by atoms with Gasteiger partial charge in [-0.1, -0.05) is 11.6 Å². The van der Waals surface area contributed by atoms with E-state index in [9.17, 15) is 18.8 Å². The molecule has 7 nitrogen and oxygen atoms in total. The standard InChI is InChI=1S/C25H21ClF2N4O3/c1-34-25-19(11-16(26)14-30-25)24(33)31-21-10-15(13-29)2-4-22(21)32-8-6-18(7-9-32)35-23-5-3-17(27)12-20(23)28/h2-5,10-12,14,18H,6-9H2,1H3,(H,31,33). The lowest BCUT2D eigenvalue weighted by atomic mass is 10.1. The van der Waals surface area contributed by atoms with Crippen molar-refractivity contribution in [2.45, 2.75) is 18.9 Å². The predicted molar refractivity (Wildman–Crippen MR) is 127 cm³/mol. The third kappa shape index (κ3) is 5.61. The zero-order chi connectivity index (χ0) is 24.9. The summed E-state index contributed by atoms with van der Waals surface area (Å²) in [6.07, 6.45) is 2.29. The highest BCUT2D eigenvalue weighted by atomic mass is 35.5. The Balaban J connectivity index is 1.50. The number of piperidine rings is 1. The molecule has 0 atom stereocenters. The summed E-state index contributed by atoms with van der Waals surface area (Å²) >= 11 is 6.01. The molecule has 1 aliphatic rings. The van der Waals surface area contributed by atoms with Crippen molar-refractivity contribution in [3.63, 3.8) is 0 Å². The number of hydrogen-bond acceptors (Lipinski definition) is 6. The summed E-state index contributed by atoms with van der Waals surface area (Å²) in [5.74, 6) is -1.75. The van der Waals surface area contributed by atoms with E-state index in [1.165, 1.54) is 25.4 Å². The summed E-state index contributed by atoms with van der Waals surface area (Å²) < 4.78 is 38.0. The Morgan fingerprint density at radius 1 is 1.20 bits per heavy atom. The predicted octanol–water partition coefficient (Wildman–Crippen LogP) is 5.19. The molecule has 0 unspecified atom stereocenters. The number of nitriles is 1. The third-order valence-electron chi connectivity index (χ3n) is 5.60. The first kappa shape index (κ1) is 24.2. The first-order chi connectivity index (χ1) is 16.9. The van der Waals surface area contributed by atoms with E-state index in [1.54, 1.807) is 18.2 Å². The van der Waals surface area contributed by atoms with Crippen molar-refractivity contribution in [3.8, 4) is 17.7 Å². The fourth-order valence-corrected chi connectivity index (χ4v) is 4.05. The van der Waals surface area contributed by atoms with Gasteiger partial charge in [0.15, 0.2) is 11.6 Å². The molecule has 0 spiro atoms. The molecular weight excluding hydrogens is 478 g/mol. The second-order valence-corrected chi connectivity index (χ2v) is 8.32. The van der Waals surface area contributed by atoms with Gasteiger partial charge in [0, 0.05) is 38.2 Å². The van der Waals surface area contributed by atoms with Crippen LogP contribution in [0.25, 0.3) is 0 Å². The third-order valence-corrected chi connectivity index (χ3v) is 5.81. The Kier molecular flexibility index (Phi) is 7.32. The van der Waals surface area contributed by atoms with Gasteiger partial charge in [0.2, 0.25) is 5.88 Å². The molecule has 1 fully saturated rings. The second-order valence-electron chi connectivity index (χ2n) is 7.89. The Morgan fingerprint density at radius 3 is 2.66 bits per heavy atom. The Hall–Kier alpha value is -3.90. The van der Waals surface area contributed by atoms with E-state index in [4.69, 9.17) is 21.1 Å². The summed E-state index contributed by atoms with van der Waals surface area (Å²) in [7, 11) is 1.40. The molecule has 3 aromatic rings. The van der Waals surface area contributed by atoms with Crippen LogP contribution in [-0.2, 0) is 0 Å². The van der Waals surface area contributed by atoms with E-state index in [0.717, 1.165) is 17.8 Å². The zero-order valence-corrected chi connectivity index (χ0v) is 19.5. The van der Waals surface area contributed by atoms with E-state index < -0.39 is 17.5 Å². The lowest BCUT2D eigenvalue weighted by molar-refractivity contribution is 0.102. The number of anilines is 2. The number of carbonyl (C=O) groups is 1. The van der Waals surface area contributed by atoms with Crippen molar-refractivity contribution >= 4 is 28.9 Å². The van der Waals surface area contributed by atoms with E-state index in [1.807, 2.05) is 4.90 Å². The number of benzene rings is 2. The highest BCUT2D eigenvalue weighted by Gasteiger charge is 2.25. The van der Waals surface area contributed by atoms with Crippen LogP contribution < -0.4 is 19.7 Å². The molecule has 4 rings (SSSR count). The number of nitrogens with zero attached hydrogens (tertiary/aromatic N) is 3. The van der Waals surface area contributed by atoms with Crippen LogP contribution in [0.5, 0.6) is 11.6 Å². The molecule has 2 heterocycles. The first-order valence-electron chi connectivity index (χ1n) is 10.8. The van der Waals surface area contributed by atoms with Gasteiger partial charge in [-0.2, -0.15) is 5.26 Å². The number of hydrogen-bond donors (Lipinski definition) is 1. The summed E-state index contributed by atoms with van der Waals surface area (Å²) in [6.45, 7) is 1.12. The maximum Gasteiger partial charge on any atom is 0.261 e. The van der Waals surface area contributed by atoms with Crippen LogP contribution in [0.3, 0.4) is 0 Å². The van der Waals surface area contributed by atoms with Gasteiger partial charge < -0.3 is 19.7 Å². The van der Waals surface area contributed by atoms with Gasteiger partial charge in [0.25, 0.3) is 5.91 Å². The number of amides is 1. The molecule has 35 heavy (non-hydrogen) atoms. The highest BCUT2D eigenvalue weighted by Crippen LogP contribution is 2.32. The Labute approximate surface area is 205 Å². The molecule has 0 radical (unpaired) electrons. The molecular formula is C25H21ClF2N4O3. The number of halogens is 3. The number of ether oxygens (including phenoxy) is 2. The molecule has 10 heteroatoms.